The molecule has 1 heterocycles. The highest BCUT2D eigenvalue weighted by Crippen LogP contribution is 2.08. The Labute approximate surface area is 69.7 Å². The van der Waals surface area contributed by atoms with Crippen LogP contribution in [0.15, 0.2) is 12.3 Å². The van der Waals surface area contributed by atoms with E-state index < -0.39 is 5.97 Å². The van der Waals surface area contributed by atoms with Gasteiger partial charge in [-0.3, -0.25) is 9.87 Å². The van der Waals surface area contributed by atoms with Gasteiger partial charge in [0.05, 0.1) is 5.56 Å². The first-order chi connectivity index (χ1) is 5.65. The summed E-state index contributed by atoms with van der Waals surface area (Å²) in [6, 6.07) is 1.74. The lowest BCUT2D eigenvalue weighted by molar-refractivity contribution is -0.182. The second-order valence-electron chi connectivity index (χ2n) is 2.52. The average molecular weight is 167 g/mol. The number of aromatic nitrogens is 1. The minimum absolute atomic E-state index is 0.281. The maximum atomic E-state index is 10.8. The highest BCUT2D eigenvalue weighted by Gasteiger charge is 2.10. The molecular weight excluding hydrogens is 158 g/mol. The van der Waals surface area contributed by atoms with Crippen molar-refractivity contribution in [1.29, 1.82) is 0 Å². The fourth-order valence-corrected chi connectivity index (χ4v) is 0.959. The Hall–Kier alpha value is -1.42. The minimum Gasteiger partial charge on any atom is -0.295 e. The highest BCUT2D eigenvalue weighted by atomic mass is 17.1. The number of pyridine rings is 1. The molecular formula is C8H9NO3. The molecule has 0 amide bonds. The third-order valence-electron chi connectivity index (χ3n) is 1.55. The van der Waals surface area contributed by atoms with Crippen molar-refractivity contribution in [3.8, 4) is 0 Å². The van der Waals surface area contributed by atoms with Crippen LogP contribution in [0.5, 0.6) is 0 Å². The third-order valence-corrected chi connectivity index (χ3v) is 1.55. The van der Waals surface area contributed by atoms with Crippen LogP contribution >= 0.6 is 0 Å². The highest BCUT2D eigenvalue weighted by molar-refractivity contribution is 5.90. The molecule has 1 rings (SSSR count). The largest absolute Gasteiger partial charge is 0.374 e. The van der Waals surface area contributed by atoms with Gasteiger partial charge in [0, 0.05) is 11.9 Å². The molecule has 1 aromatic rings. The summed E-state index contributed by atoms with van der Waals surface area (Å²) < 4.78 is 0. The maximum absolute atomic E-state index is 10.8. The van der Waals surface area contributed by atoms with Crippen LogP contribution in [0, 0.1) is 13.8 Å². The van der Waals surface area contributed by atoms with Crippen molar-refractivity contribution in [3.63, 3.8) is 0 Å². The van der Waals surface area contributed by atoms with Gasteiger partial charge in [0.1, 0.15) is 0 Å². The molecule has 1 N–H and O–H groups in total. The number of aryl methyl sites for hydroxylation is 2. The lowest BCUT2D eigenvalue weighted by Crippen LogP contribution is -2.05. The Morgan fingerprint density at radius 3 is 2.75 bits per heavy atom. The fourth-order valence-electron chi connectivity index (χ4n) is 0.959. The predicted octanol–water partition coefficient (Wildman–Crippen LogP) is 1.33. The van der Waals surface area contributed by atoms with Crippen LogP contribution in [0.1, 0.15) is 21.6 Å². The zero-order valence-electron chi connectivity index (χ0n) is 6.87. The predicted molar refractivity (Wildman–Crippen MR) is 41.8 cm³/mol. The first kappa shape index (κ1) is 8.67. The van der Waals surface area contributed by atoms with Crippen molar-refractivity contribution in [1.82, 2.24) is 4.98 Å². The number of carbonyl (C=O) groups excluding carboxylic acids is 1. The average Bonchev–Trinajstić information content (AvgIpc) is 2.03. The van der Waals surface area contributed by atoms with Crippen molar-refractivity contribution in [2.75, 3.05) is 0 Å². The summed E-state index contributed by atoms with van der Waals surface area (Å²) in [6.07, 6.45) is 1.38. The van der Waals surface area contributed by atoms with E-state index in [9.17, 15) is 4.79 Å². The van der Waals surface area contributed by atoms with E-state index in [1.807, 2.05) is 6.92 Å². The summed E-state index contributed by atoms with van der Waals surface area (Å²) in [5, 5.41) is 8.10. The molecule has 1 aromatic heterocycles. The molecule has 0 fully saturated rings. The van der Waals surface area contributed by atoms with E-state index in [-0.39, 0.29) is 5.56 Å². The second kappa shape index (κ2) is 3.32. The molecule has 0 aliphatic carbocycles. The Kier molecular flexibility index (Phi) is 2.40. The summed E-state index contributed by atoms with van der Waals surface area (Å²) in [7, 11) is 0. The van der Waals surface area contributed by atoms with Gasteiger partial charge in [-0.1, -0.05) is 0 Å². The summed E-state index contributed by atoms with van der Waals surface area (Å²) >= 11 is 0. The fraction of sp³-hybridized carbons (Fsp3) is 0.250. The molecule has 0 aromatic carbocycles. The molecule has 0 atom stereocenters. The molecule has 0 spiro atoms. The molecule has 0 aliphatic rings. The third kappa shape index (κ3) is 1.60. The molecule has 0 bridgehead atoms. The quantitative estimate of drug-likeness (QED) is 0.506. The minimum atomic E-state index is -0.778. The zero-order chi connectivity index (χ0) is 9.14. The van der Waals surface area contributed by atoms with Gasteiger partial charge in [0.15, 0.2) is 0 Å². The van der Waals surface area contributed by atoms with Crippen LogP contribution in [0.25, 0.3) is 0 Å². The number of nitrogens with zero attached hydrogens (tertiary/aromatic N) is 1. The van der Waals surface area contributed by atoms with Crippen LogP contribution in [-0.2, 0) is 4.89 Å². The van der Waals surface area contributed by atoms with Crippen LogP contribution in [-0.4, -0.2) is 16.2 Å². The molecule has 4 nitrogen and oxygen atoms in total. The van der Waals surface area contributed by atoms with Crippen LogP contribution in [0.4, 0.5) is 0 Å². The number of rotatable bonds is 1. The van der Waals surface area contributed by atoms with Crippen molar-refractivity contribution in [3.05, 3.63) is 29.1 Å². The number of carbonyl (C=O) groups is 1. The normalized spacial score (nSPS) is 9.58. The smallest absolute Gasteiger partial charge is 0.295 e. The van der Waals surface area contributed by atoms with Crippen molar-refractivity contribution in [2.24, 2.45) is 0 Å². The first-order valence-electron chi connectivity index (χ1n) is 3.44. The van der Waals surface area contributed by atoms with Crippen LogP contribution in [0.3, 0.4) is 0 Å². The lowest BCUT2D eigenvalue weighted by atomic mass is 10.1. The molecule has 0 radical (unpaired) electrons. The summed E-state index contributed by atoms with van der Waals surface area (Å²) in [6.45, 7) is 3.57. The zero-order valence-corrected chi connectivity index (χ0v) is 6.87. The maximum Gasteiger partial charge on any atom is 0.374 e. The van der Waals surface area contributed by atoms with E-state index in [1.54, 1.807) is 13.0 Å². The van der Waals surface area contributed by atoms with Gasteiger partial charge in [0.2, 0.25) is 0 Å². The lowest BCUT2D eigenvalue weighted by Gasteiger charge is -2.01. The molecule has 0 unspecified atom stereocenters. The van der Waals surface area contributed by atoms with E-state index in [0.717, 1.165) is 11.3 Å². The summed E-state index contributed by atoms with van der Waals surface area (Å²) in [4.78, 5) is 18.3. The SMILES string of the molecule is Cc1cc(C)c(C(=O)OO)cn1. The van der Waals surface area contributed by atoms with Crippen molar-refractivity contribution in [2.45, 2.75) is 13.8 Å². The topological polar surface area (TPSA) is 59.4 Å². The van der Waals surface area contributed by atoms with E-state index in [2.05, 4.69) is 9.87 Å². The van der Waals surface area contributed by atoms with Gasteiger partial charge < -0.3 is 0 Å². The van der Waals surface area contributed by atoms with Gasteiger partial charge >= 0.3 is 5.97 Å². The Balaban J connectivity index is 3.09. The van der Waals surface area contributed by atoms with Gasteiger partial charge in [-0.05, 0) is 25.5 Å². The van der Waals surface area contributed by atoms with Gasteiger partial charge in [-0.15, -0.1) is 0 Å². The van der Waals surface area contributed by atoms with Gasteiger partial charge in [-0.25, -0.2) is 4.79 Å². The standard InChI is InChI=1S/C8H9NO3/c1-5-3-6(2)9-4-7(5)8(10)12-11/h3-4,11H,1-2H3. The Morgan fingerprint density at radius 2 is 2.25 bits per heavy atom. The van der Waals surface area contributed by atoms with E-state index in [1.165, 1.54) is 6.20 Å². The molecule has 64 valence electrons. The van der Waals surface area contributed by atoms with Crippen molar-refractivity contribution >= 4 is 5.97 Å². The van der Waals surface area contributed by atoms with Gasteiger partial charge in [-0.2, -0.15) is 5.26 Å². The van der Waals surface area contributed by atoms with Crippen LogP contribution in [0.2, 0.25) is 0 Å². The molecule has 0 aliphatic heterocycles. The molecule has 0 saturated carbocycles. The molecule has 0 saturated heterocycles. The monoisotopic (exact) mass is 167 g/mol. The second-order valence-corrected chi connectivity index (χ2v) is 2.52. The van der Waals surface area contributed by atoms with Gasteiger partial charge in [0.25, 0.3) is 0 Å². The number of hydrogen-bond acceptors (Lipinski definition) is 4. The summed E-state index contributed by atoms with van der Waals surface area (Å²) in [5.41, 5.74) is 1.84. The van der Waals surface area contributed by atoms with E-state index in [4.69, 9.17) is 5.26 Å². The molecule has 12 heavy (non-hydrogen) atoms. The number of hydrogen-bond donors (Lipinski definition) is 1. The Morgan fingerprint density at radius 1 is 1.58 bits per heavy atom. The van der Waals surface area contributed by atoms with Crippen molar-refractivity contribution < 1.29 is 14.9 Å². The van der Waals surface area contributed by atoms with E-state index >= 15 is 0 Å². The first-order valence-corrected chi connectivity index (χ1v) is 3.44. The van der Waals surface area contributed by atoms with Crippen LogP contribution < -0.4 is 0 Å². The summed E-state index contributed by atoms with van der Waals surface area (Å²) in [5.74, 6) is -0.778. The molecule has 4 heteroatoms. The Bertz CT molecular complexity index is 309. The van der Waals surface area contributed by atoms with E-state index in [0.29, 0.717) is 0 Å².